The second kappa shape index (κ2) is 8.93. The van der Waals surface area contributed by atoms with E-state index in [2.05, 4.69) is 38.2 Å². The van der Waals surface area contributed by atoms with Gasteiger partial charge in [-0.3, -0.25) is 0 Å². The number of nitrogens with one attached hydrogen (secondary N) is 1. The lowest BCUT2D eigenvalue weighted by atomic mass is 9.81. The van der Waals surface area contributed by atoms with Gasteiger partial charge in [0, 0.05) is 18.2 Å². The molecular weight excluding hydrogens is 236 g/mol. The third-order valence-electron chi connectivity index (χ3n) is 4.59. The molecule has 114 valence electrons. The molecule has 0 radical (unpaired) electrons. The van der Waals surface area contributed by atoms with Gasteiger partial charge in [-0.2, -0.15) is 0 Å². The first kappa shape index (κ1) is 16.9. The summed E-state index contributed by atoms with van der Waals surface area (Å²) in [6.45, 7) is 7.13. The normalized spacial score (nSPS) is 21.3. The Balaban J connectivity index is 2.76. The SMILES string of the molecule is CCCOCC(NCC)C1(N(C)C)CCCCCC1. The maximum Gasteiger partial charge on any atom is 0.0637 e. The van der Waals surface area contributed by atoms with Crippen LogP contribution in [0.5, 0.6) is 0 Å². The van der Waals surface area contributed by atoms with E-state index in [1.807, 2.05) is 0 Å². The van der Waals surface area contributed by atoms with E-state index in [0.717, 1.165) is 26.2 Å². The van der Waals surface area contributed by atoms with Crippen LogP contribution in [0.15, 0.2) is 0 Å². The quantitative estimate of drug-likeness (QED) is 0.542. The number of nitrogens with zero attached hydrogens (tertiary/aromatic N) is 1. The molecule has 1 fully saturated rings. The lowest BCUT2D eigenvalue weighted by Crippen LogP contribution is -2.60. The summed E-state index contributed by atoms with van der Waals surface area (Å²) in [5.41, 5.74) is 0.278. The molecule has 1 aliphatic carbocycles. The second-order valence-corrected chi connectivity index (χ2v) is 6.10. The first-order valence-electron chi connectivity index (χ1n) is 8.16. The molecule has 0 bridgehead atoms. The van der Waals surface area contributed by atoms with Gasteiger partial charge in [0.15, 0.2) is 0 Å². The predicted molar refractivity (Wildman–Crippen MR) is 82.7 cm³/mol. The second-order valence-electron chi connectivity index (χ2n) is 6.10. The molecule has 0 aromatic carbocycles. The first-order chi connectivity index (χ1) is 9.17. The molecule has 0 aromatic rings. The van der Waals surface area contributed by atoms with Crippen LogP contribution in [0.4, 0.5) is 0 Å². The zero-order valence-electron chi connectivity index (χ0n) is 13.5. The van der Waals surface area contributed by atoms with Crippen LogP contribution < -0.4 is 5.32 Å². The van der Waals surface area contributed by atoms with Crippen molar-refractivity contribution >= 4 is 0 Å². The topological polar surface area (TPSA) is 24.5 Å². The average molecular weight is 270 g/mol. The molecule has 0 heterocycles. The van der Waals surface area contributed by atoms with Crippen molar-refractivity contribution in [1.82, 2.24) is 10.2 Å². The molecular formula is C16H34N2O. The molecule has 0 amide bonds. The fourth-order valence-corrected chi connectivity index (χ4v) is 3.44. The lowest BCUT2D eigenvalue weighted by molar-refractivity contribution is 0.0209. The van der Waals surface area contributed by atoms with E-state index in [-0.39, 0.29) is 5.54 Å². The van der Waals surface area contributed by atoms with E-state index < -0.39 is 0 Å². The fourth-order valence-electron chi connectivity index (χ4n) is 3.44. The summed E-state index contributed by atoms with van der Waals surface area (Å²) in [5.74, 6) is 0. The van der Waals surface area contributed by atoms with Gasteiger partial charge >= 0.3 is 0 Å². The van der Waals surface area contributed by atoms with Gasteiger partial charge < -0.3 is 15.0 Å². The van der Waals surface area contributed by atoms with Gasteiger partial charge in [-0.25, -0.2) is 0 Å². The highest BCUT2D eigenvalue weighted by atomic mass is 16.5. The van der Waals surface area contributed by atoms with Crippen molar-refractivity contribution in [2.75, 3.05) is 33.9 Å². The molecule has 1 atom stereocenters. The van der Waals surface area contributed by atoms with E-state index in [1.165, 1.54) is 38.5 Å². The zero-order valence-corrected chi connectivity index (χ0v) is 13.5. The summed E-state index contributed by atoms with van der Waals surface area (Å²) in [4.78, 5) is 2.46. The standard InChI is InChI=1S/C16H34N2O/c1-5-13-19-14-15(17-6-2)16(18(3)4)11-9-7-8-10-12-16/h15,17H,5-14H2,1-4H3. The van der Waals surface area contributed by atoms with E-state index >= 15 is 0 Å². The van der Waals surface area contributed by atoms with Crippen LogP contribution in [0, 0.1) is 0 Å². The van der Waals surface area contributed by atoms with Crippen molar-refractivity contribution in [1.29, 1.82) is 0 Å². The number of rotatable bonds is 8. The van der Waals surface area contributed by atoms with Gasteiger partial charge in [0.1, 0.15) is 0 Å². The minimum Gasteiger partial charge on any atom is -0.380 e. The molecule has 1 aliphatic rings. The van der Waals surface area contributed by atoms with E-state index in [0.29, 0.717) is 6.04 Å². The van der Waals surface area contributed by atoms with Crippen molar-refractivity contribution in [3.8, 4) is 0 Å². The summed E-state index contributed by atoms with van der Waals surface area (Å²) < 4.78 is 5.88. The van der Waals surface area contributed by atoms with Crippen LogP contribution in [0.2, 0.25) is 0 Å². The minimum atomic E-state index is 0.278. The minimum absolute atomic E-state index is 0.278. The molecule has 1 unspecified atom stereocenters. The smallest absolute Gasteiger partial charge is 0.0637 e. The van der Waals surface area contributed by atoms with Crippen LogP contribution in [-0.2, 0) is 4.74 Å². The summed E-state index contributed by atoms with van der Waals surface area (Å²) in [5, 5.41) is 3.69. The number of hydrogen-bond acceptors (Lipinski definition) is 3. The van der Waals surface area contributed by atoms with Gasteiger partial charge in [0.2, 0.25) is 0 Å². The Bertz CT molecular complexity index is 223. The largest absolute Gasteiger partial charge is 0.380 e. The number of ether oxygens (including phenoxy) is 1. The van der Waals surface area contributed by atoms with Crippen LogP contribution in [0.3, 0.4) is 0 Å². The molecule has 3 nitrogen and oxygen atoms in total. The Kier molecular flexibility index (Phi) is 7.96. The van der Waals surface area contributed by atoms with E-state index in [4.69, 9.17) is 4.74 Å². The molecule has 19 heavy (non-hydrogen) atoms. The number of likely N-dealkylation sites (N-methyl/N-ethyl adjacent to an activating group) is 2. The third-order valence-corrected chi connectivity index (χ3v) is 4.59. The third kappa shape index (κ3) is 4.73. The van der Waals surface area contributed by atoms with Crippen LogP contribution in [0.1, 0.15) is 58.8 Å². The Morgan fingerprint density at radius 3 is 2.21 bits per heavy atom. The highest BCUT2D eigenvalue weighted by molar-refractivity contribution is 4.99. The summed E-state index contributed by atoms with van der Waals surface area (Å²) in [6, 6.07) is 0.456. The molecule has 1 saturated carbocycles. The molecule has 0 aliphatic heterocycles. The summed E-state index contributed by atoms with van der Waals surface area (Å²) in [7, 11) is 4.49. The Morgan fingerprint density at radius 1 is 1.11 bits per heavy atom. The van der Waals surface area contributed by atoms with Crippen LogP contribution >= 0.6 is 0 Å². The molecule has 1 N–H and O–H groups in total. The van der Waals surface area contributed by atoms with Gasteiger partial charge in [0.05, 0.1) is 6.61 Å². The number of hydrogen-bond donors (Lipinski definition) is 1. The monoisotopic (exact) mass is 270 g/mol. The van der Waals surface area contributed by atoms with Crippen molar-refractivity contribution in [3.63, 3.8) is 0 Å². The average Bonchev–Trinajstić information content (AvgIpc) is 2.64. The molecule has 0 aromatic heterocycles. The molecule has 1 rings (SSSR count). The fraction of sp³-hybridized carbons (Fsp3) is 1.00. The van der Waals surface area contributed by atoms with Gasteiger partial charge in [0.25, 0.3) is 0 Å². The van der Waals surface area contributed by atoms with Gasteiger partial charge in [-0.05, 0) is 39.9 Å². The van der Waals surface area contributed by atoms with Gasteiger partial charge in [-0.15, -0.1) is 0 Å². The molecule has 3 heteroatoms. The Morgan fingerprint density at radius 2 is 1.74 bits per heavy atom. The maximum atomic E-state index is 5.88. The molecule has 0 saturated heterocycles. The Hall–Kier alpha value is -0.120. The van der Waals surface area contributed by atoms with Gasteiger partial charge in [-0.1, -0.05) is 39.5 Å². The first-order valence-corrected chi connectivity index (χ1v) is 8.16. The van der Waals surface area contributed by atoms with Crippen molar-refractivity contribution in [3.05, 3.63) is 0 Å². The van der Waals surface area contributed by atoms with E-state index in [1.54, 1.807) is 0 Å². The Labute approximate surface area is 120 Å². The maximum absolute atomic E-state index is 5.88. The zero-order chi connectivity index (χ0) is 14.1. The lowest BCUT2D eigenvalue weighted by Gasteiger charge is -2.46. The van der Waals surface area contributed by atoms with Crippen LogP contribution in [0.25, 0.3) is 0 Å². The van der Waals surface area contributed by atoms with Crippen LogP contribution in [-0.4, -0.2) is 50.3 Å². The highest BCUT2D eigenvalue weighted by Crippen LogP contribution is 2.34. The predicted octanol–water partition coefficient (Wildman–Crippen LogP) is 3.05. The van der Waals surface area contributed by atoms with E-state index in [9.17, 15) is 0 Å². The van der Waals surface area contributed by atoms with Crippen molar-refractivity contribution < 1.29 is 4.74 Å². The van der Waals surface area contributed by atoms with Crippen molar-refractivity contribution in [2.24, 2.45) is 0 Å². The summed E-state index contributed by atoms with van der Waals surface area (Å²) in [6.07, 6.45) is 9.20. The highest BCUT2D eigenvalue weighted by Gasteiger charge is 2.40. The summed E-state index contributed by atoms with van der Waals surface area (Å²) >= 11 is 0. The molecule has 0 spiro atoms. The van der Waals surface area contributed by atoms with Crippen molar-refractivity contribution in [2.45, 2.75) is 70.4 Å².